The van der Waals surface area contributed by atoms with Crippen LogP contribution >= 0.6 is 0 Å². The van der Waals surface area contributed by atoms with Crippen LogP contribution in [0, 0.1) is 12.7 Å². The maximum Gasteiger partial charge on any atom is 0.259 e. The minimum Gasteiger partial charge on any atom is -0.342 e. The minimum atomic E-state index is -0.330. The lowest BCUT2D eigenvalue weighted by atomic mass is 10.2. The third kappa shape index (κ3) is 4.50. The fourth-order valence-corrected chi connectivity index (χ4v) is 3.91. The summed E-state index contributed by atoms with van der Waals surface area (Å²) in [6.45, 7) is 7.37. The van der Waals surface area contributed by atoms with E-state index in [4.69, 9.17) is 0 Å². The molecule has 0 unspecified atom stereocenters. The number of carbonyl (C=O) groups excluding carboxylic acids is 2. The molecule has 2 amide bonds. The number of halogens is 1. The molecule has 0 aliphatic heterocycles. The van der Waals surface area contributed by atoms with Crippen molar-refractivity contribution in [2.45, 2.75) is 27.3 Å². The third-order valence-corrected chi connectivity index (χ3v) is 5.78. The van der Waals surface area contributed by atoms with E-state index < -0.39 is 0 Å². The van der Waals surface area contributed by atoms with Gasteiger partial charge in [0, 0.05) is 35.9 Å². The highest BCUT2D eigenvalue weighted by Crippen LogP contribution is 2.22. The predicted molar refractivity (Wildman–Crippen MR) is 126 cm³/mol. The van der Waals surface area contributed by atoms with Crippen LogP contribution in [-0.2, 0) is 11.3 Å². The van der Waals surface area contributed by atoms with Crippen molar-refractivity contribution in [3.05, 3.63) is 78.0 Å². The minimum absolute atomic E-state index is 0.0727. The van der Waals surface area contributed by atoms with Crippen molar-refractivity contribution < 1.29 is 14.0 Å². The molecule has 0 aliphatic carbocycles. The molecule has 0 saturated heterocycles. The first-order valence-corrected chi connectivity index (χ1v) is 10.9. The number of aromatic nitrogens is 3. The van der Waals surface area contributed by atoms with E-state index in [9.17, 15) is 14.0 Å². The standard InChI is InChI=1S/C25H26FN5O2/c1-4-29(5-2)24(32)16-30-13-12-18-14-20(8-11-23(18)30)28-25(33)22-15-27-31(17(22)3)21-9-6-19(26)7-10-21/h6-15H,4-5,16H2,1-3H3,(H,28,33). The zero-order valence-electron chi connectivity index (χ0n) is 18.9. The van der Waals surface area contributed by atoms with Crippen molar-refractivity contribution in [3.8, 4) is 5.69 Å². The van der Waals surface area contributed by atoms with E-state index in [2.05, 4.69) is 10.4 Å². The van der Waals surface area contributed by atoms with Gasteiger partial charge in [-0.25, -0.2) is 9.07 Å². The van der Waals surface area contributed by atoms with Gasteiger partial charge in [0.05, 0.1) is 23.1 Å². The summed E-state index contributed by atoms with van der Waals surface area (Å²) in [6.07, 6.45) is 3.39. The van der Waals surface area contributed by atoms with Crippen LogP contribution in [0.3, 0.4) is 0 Å². The van der Waals surface area contributed by atoms with E-state index in [1.54, 1.807) is 28.6 Å². The lowest BCUT2D eigenvalue weighted by molar-refractivity contribution is -0.131. The van der Waals surface area contributed by atoms with Crippen LogP contribution in [0.25, 0.3) is 16.6 Å². The van der Waals surface area contributed by atoms with Gasteiger partial charge < -0.3 is 14.8 Å². The highest BCUT2D eigenvalue weighted by atomic mass is 19.1. The number of anilines is 1. The maximum absolute atomic E-state index is 13.2. The number of amides is 2. The molecule has 2 heterocycles. The van der Waals surface area contributed by atoms with E-state index in [1.165, 1.54) is 18.3 Å². The highest BCUT2D eigenvalue weighted by Gasteiger charge is 2.16. The Kier molecular flexibility index (Phi) is 6.26. The van der Waals surface area contributed by atoms with Crippen LogP contribution < -0.4 is 5.32 Å². The molecule has 2 aromatic carbocycles. The van der Waals surface area contributed by atoms with E-state index in [0.29, 0.717) is 35.7 Å². The molecule has 170 valence electrons. The lowest BCUT2D eigenvalue weighted by Gasteiger charge is -2.19. The molecule has 0 aliphatic rings. The second-order valence-electron chi connectivity index (χ2n) is 7.77. The Morgan fingerprint density at radius 3 is 2.48 bits per heavy atom. The molecule has 4 rings (SSSR count). The highest BCUT2D eigenvalue weighted by molar-refractivity contribution is 6.05. The van der Waals surface area contributed by atoms with Crippen LogP contribution in [-0.4, -0.2) is 44.2 Å². The van der Waals surface area contributed by atoms with E-state index >= 15 is 0 Å². The quantitative estimate of drug-likeness (QED) is 0.457. The predicted octanol–water partition coefficient (Wildman–Crippen LogP) is 4.40. The van der Waals surface area contributed by atoms with E-state index in [0.717, 1.165) is 10.9 Å². The van der Waals surface area contributed by atoms with Crippen LogP contribution in [0.1, 0.15) is 29.9 Å². The second kappa shape index (κ2) is 9.28. The number of nitrogens with zero attached hydrogens (tertiary/aromatic N) is 4. The van der Waals surface area contributed by atoms with Crippen molar-refractivity contribution in [2.24, 2.45) is 0 Å². The lowest BCUT2D eigenvalue weighted by Crippen LogP contribution is -2.33. The third-order valence-electron chi connectivity index (χ3n) is 5.78. The van der Waals surface area contributed by atoms with Crippen LogP contribution in [0.2, 0.25) is 0 Å². The van der Waals surface area contributed by atoms with Crippen molar-refractivity contribution in [1.29, 1.82) is 0 Å². The van der Waals surface area contributed by atoms with Gasteiger partial charge in [-0.05, 0) is 69.3 Å². The van der Waals surface area contributed by atoms with Crippen molar-refractivity contribution in [2.75, 3.05) is 18.4 Å². The first-order valence-electron chi connectivity index (χ1n) is 10.9. The molecule has 0 bridgehead atoms. The zero-order chi connectivity index (χ0) is 23.5. The number of likely N-dealkylation sites (N-methyl/N-ethyl adjacent to an activating group) is 1. The monoisotopic (exact) mass is 447 g/mol. The van der Waals surface area contributed by atoms with Gasteiger partial charge in [-0.3, -0.25) is 9.59 Å². The van der Waals surface area contributed by atoms with Crippen LogP contribution in [0.15, 0.2) is 60.9 Å². The van der Waals surface area contributed by atoms with Gasteiger partial charge >= 0.3 is 0 Å². The Morgan fingerprint density at radius 2 is 1.79 bits per heavy atom. The van der Waals surface area contributed by atoms with Crippen LogP contribution in [0.5, 0.6) is 0 Å². The summed E-state index contributed by atoms with van der Waals surface area (Å²) in [7, 11) is 0. The number of fused-ring (bicyclic) bond motifs is 1. The second-order valence-corrected chi connectivity index (χ2v) is 7.77. The maximum atomic E-state index is 13.2. The molecule has 4 aromatic rings. The van der Waals surface area contributed by atoms with Crippen molar-refractivity contribution in [3.63, 3.8) is 0 Å². The SMILES string of the molecule is CCN(CC)C(=O)Cn1ccc2cc(NC(=O)c3cnn(-c4ccc(F)cc4)c3C)ccc21. The van der Waals surface area contributed by atoms with Crippen LogP contribution in [0.4, 0.5) is 10.1 Å². The summed E-state index contributed by atoms with van der Waals surface area (Å²) >= 11 is 0. The summed E-state index contributed by atoms with van der Waals surface area (Å²) in [4.78, 5) is 27.1. The van der Waals surface area contributed by atoms with Gasteiger partial charge in [-0.2, -0.15) is 5.10 Å². The Labute approximate surface area is 191 Å². The Morgan fingerprint density at radius 1 is 1.06 bits per heavy atom. The molecule has 2 aromatic heterocycles. The topological polar surface area (TPSA) is 72.2 Å². The van der Waals surface area contributed by atoms with E-state index in [1.807, 2.05) is 48.9 Å². The van der Waals surface area contributed by atoms with Gasteiger partial charge in [0.1, 0.15) is 12.4 Å². The molecule has 0 spiro atoms. The number of rotatable bonds is 7. The molecular weight excluding hydrogens is 421 g/mol. The average molecular weight is 448 g/mol. The molecule has 33 heavy (non-hydrogen) atoms. The van der Waals surface area contributed by atoms with E-state index in [-0.39, 0.29) is 24.2 Å². The van der Waals surface area contributed by atoms with Gasteiger partial charge in [0.2, 0.25) is 5.91 Å². The number of nitrogens with one attached hydrogen (secondary N) is 1. The first kappa shape index (κ1) is 22.3. The Hall–Kier alpha value is -3.94. The van der Waals surface area contributed by atoms with Gasteiger partial charge in [0.15, 0.2) is 0 Å². The zero-order valence-corrected chi connectivity index (χ0v) is 18.9. The fourth-order valence-electron chi connectivity index (χ4n) is 3.91. The molecule has 0 radical (unpaired) electrons. The molecule has 1 N–H and O–H groups in total. The van der Waals surface area contributed by atoms with Gasteiger partial charge in [-0.15, -0.1) is 0 Å². The summed E-state index contributed by atoms with van der Waals surface area (Å²) in [5.41, 5.74) is 3.33. The fraction of sp³-hybridized carbons (Fsp3) is 0.240. The molecule has 7 nitrogen and oxygen atoms in total. The summed E-state index contributed by atoms with van der Waals surface area (Å²) < 4.78 is 16.7. The molecule has 0 atom stereocenters. The van der Waals surface area contributed by atoms with Crippen molar-refractivity contribution in [1.82, 2.24) is 19.2 Å². The number of benzene rings is 2. The summed E-state index contributed by atoms with van der Waals surface area (Å²) in [6, 6.07) is 13.5. The molecule has 0 fully saturated rings. The van der Waals surface area contributed by atoms with Gasteiger partial charge in [-0.1, -0.05) is 0 Å². The first-order chi connectivity index (χ1) is 15.9. The Balaban J connectivity index is 1.51. The normalized spacial score (nSPS) is 11.0. The number of hydrogen-bond acceptors (Lipinski definition) is 3. The molecular formula is C25H26FN5O2. The average Bonchev–Trinajstić information content (AvgIpc) is 3.38. The summed E-state index contributed by atoms with van der Waals surface area (Å²) in [5.74, 6) is -0.539. The largest absolute Gasteiger partial charge is 0.342 e. The number of carbonyl (C=O) groups is 2. The smallest absolute Gasteiger partial charge is 0.259 e. The molecule has 8 heteroatoms. The molecule has 0 saturated carbocycles. The Bertz CT molecular complexity index is 1300. The number of hydrogen-bond donors (Lipinski definition) is 1. The van der Waals surface area contributed by atoms with Gasteiger partial charge in [0.25, 0.3) is 5.91 Å². The van der Waals surface area contributed by atoms with Crippen molar-refractivity contribution >= 4 is 28.4 Å². The summed E-state index contributed by atoms with van der Waals surface area (Å²) in [5, 5.41) is 8.13.